The van der Waals surface area contributed by atoms with Gasteiger partial charge in [-0.1, -0.05) is 11.2 Å². The monoisotopic (exact) mass is 338 g/mol. The Bertz CT molecular complexity index is 895. The van der Waals surface area contributed by atoms with Gasteiger partial charge in [-0.25, -0.2) is 4.79 Å². The summed E-state index contributed by atoms with van der Waals surface area (Å²) < 4.78 is 10.5. The average molecular weight is 338 g/mol. The first kappa shape index (κ1) is 15.4. The number of aryl methyl sites for hydroxylation is 2. The smallest absolute Gasteiger partial charge is 0.321 e. The zero-order valence-electron chi connectivity index (χ0n) is 14.0. The van der Waals surface area contributed by atoms with Crippen LogP contribution in [0.5, 0.6) is 0 Å². The Morgan fingerprint density at radius 2 is 2.08 bits per heavy atom. The number of aromatic nitrogens is 2. The summed E-state index contributed by atoms with van der Waals surface area (Å²) in [6, 6.07) is 9.30. The molecule has 0 saturated carbocycles. The van der Waals surface area contributed by atoms with E-state index in [-0.39, 0.29) is 11.9 Å². The molecule has 128 valence electrons. The summed E-state index contributed by atoms with van der Waals surface area (Å²) in [6.45, 7) is 5.17. The molecule has 4 rings (SSSR count). The number of amides is 2. The Labute approximate surface area is 144 Å². The van der Waals surface area contributed by atoms with Crippen LogP contribution in [0, 0.1) is 13.8 Å². The van der Waals surface area contributed by atoms with Crippen LogP contribution >= 0.6 is 0 Å². The number of carbonyl (C=O) groups excluding carboxylic acids is 1. The quantitative estimate of drug-likeness (QED) is 0.789. The Hall–Kier alpha value is -3.09. The zero-order valence-corrected chi connectivity index (χ0v) is 14.0. The standard InChI is InChI=1S/C18H18N4O3/c1-11-5-6-14(8-12(11)2)19-18(23)22-9-13(10-22)17-20-16(21-25-17)15-4-3-7-24-15/h3-8,13H,9-10H2,1-2H3,(H,19,23). The van der Waals surface area contributed by atoms with Crippen LogP contribution in [0.3, 0.4) is 0 Å². The van der Waals surface area contributed by atoms with Gasteiger partial charge < -0.3 is 19.2 Å². The second kappa shape index (κ2) is 6.08. The SMILES string of the molecule is Cc1ccc(NC(=O)N2CC(c3nc(-c4ccco4)no3)C2)cc1C. The molecule has 2 aromatic heterocycles. The molecule has 0 unspecified atom stereocenters. The Balaban J connectivity index is 1.35. The number of hydrogen-bond donors (Lipinski definition) is 1. The van der Waals surface area contributed by atoms with Crippen molar-refractivity contribution < 1.29 is 13.7 Å². The van der Waals surface area contributed by atoms with Crippen LogP contribution in [0.25, 0.3) is 11.6 Å². The summed E-state index contributed by atoms with van der Waals surface area (Å²) in [6.07, 6.45) is 1.56. The lowest BCUT2D eigenvalue weighted by Crippen LogP contribution is -2.50. The highest BCUT2D eigenvalue weighted by molar-refractivity contribution is 5.90. The molecule has 1 aliphatic rings. The van der Waals surface area contributed by atoms with Gasteiger partial charge in [-0.3, -0.25) is 0 Å². The third-order valence-corrected chi connectivity index (χ3v) is 4.46. The third-order valence-electron chi connectivity index (χ3n) is 4.46. The molecular formula is C18H18N4O3. The Morgan fingerprint density at radius 1 is 1.24 bits per heavy atom. The maximum absolute atomic E-state index is 12.3. The van der Waals surface area contributed by atoms with Crippen molar-refractivity contribution in [3.63, 3.8) is 0 Å². The van der Waals surface area contributed by atoms with Crippen LogP contribution in [0.15, 0.2) is 45.5 Å². The molecule has 0 bridgehead atoms. The molecule has 1 aromatic carbocycles. The van der Waals surface area contributed by atoms with Crippen molar-refractivity contribution in [1.82, 2.24) is 15.0 Å². The van der Waals surface area contributed by atoms with E-state index in [4.69, 9.17) is 8.94 Å². The van der Waals surface area contributed by atoms with Gasteiger partial charge in [0.2, 0.25) is 11.7 Å². The molecule has 1 saturated heterocycles. The maximum atomic E-state index is 12.3. The molecule has 1 aliphatic heterocycles. The van der Waals surface area contributed by atoms with Gasteiger partial charge in [0.1, 0.15) is 0 Å². The van der Waals surface area contributed by atoms with Gasteiger partial charge in [-0.15, -0.1) is 0 Å². The molecule has 3 aromatic rings. The minimum Gasteiger partial charge on any atom is -0.461 e. The van der Waals surface area contributed by atoms with Crippen molar-refractivity contribution in [2.45, 2.75) is 19.8 Å². The number of nitrogens with zero attached hydrogens (tertiary/aromatic N) is 3. The van der Waals surface area contributed by atoms with E-state index < -0.39 is 0 Å². The molecule has 25 heavy (non-hydrogen) atoms. The molecule has 3 heterocycles. The number of nitrogens with one attached hydrogen (secondary N) is 1. The van der Waals surface area contributed by atoms with Crippen LogP contribution in [0.2, 0.25) is 0 Å². The number of likely N-dealkylation sites (tertiary alicyclic amines) is 1. The van der Waals surface area contributed by atoms with E-state index in [2.05, 4.69) is 15.5 Å². The van der Waals surface area contributed by atoms with E-state index in [1.165, 1.54) is 5.56 Å². The predicted molar refractivity (Wildman–Crippen MR) is 91.2 cm³/mol. The predicted octanol–water partition coefficient (Wildman–Crippen LogP) is 3.58. The Kier molecular flexibility index (Phi) is 3.76. The van der Waals surface area contributed by atoms with Crippen LogP contribution in [-0.4, -0.2) is 34.2 Å². The van der Waals surface area contributed by atoms with Crippen molar-refractivity contribution in [1.29, 1.82) is 0 Å². The first-order valence-electron chi connectivity index (χ1n) is 8.11. The average Bonchev–Trinajstić information content (AvgIpc) is 3.20. The summed E-state index contributed by atoms with van der Waals surface area (Å²) >= 11 is 0. The summed E-state index contributed by atoms with van der Waals surface area (Å²) in [5.41, 5.74) is 3.15. The second-order valence-corrected chi connectivity index (χ2v) is 6.26. The van der Waals surface area contributed by atoms with Gasteiger partial charge in [0.05, 0.1) is 12.2 Å². The number of furan rings is 1. The molecule has 1 fully saturated rings. The van der Waals surface area contributed by atoms with Gasteiger partial charge in [-0.2, -0.15) is 4.98 Å². The first-order chi connectivity index (χ1) is 12.1. The normalized spacial score (nSPS) is 14.4. The summed E-state index contributed by atoms with van der Waals surface area (Å²) in [4.78, 5) is 18.4. The molecule has 1 N–H and O–H groups in total. The second-order valence-electron chi connectivity index (χ2n) is 6.26. The highest BCUT2D eigenvalue weighted by Crippen LogP contribution is 2.28. The highest BCUT2D eigenvalue weighted by atomic mass is 16.5. The van der Waals surface area contributed by atoms with Gasteiger partial charge in [0, 0.05) is 18.8 Å². The molecule has 0 aliphatic carbocycles. The fraction of sp³-hybridized carbons (Fsp3) is 0.278. The van der Waals surface area contributed by atoms with Crippen molar-refractivity contribution in [3.8, 4) is 11.6 Å². The van der Waals surface area contributed by atoms with Crippen LogP contribution < -0.4 is 5.32 Å². The zero-order chi connectivity index (χ0) is 17.4. The Morgan fingerprint density at radius 3 is 2.80 bits per heavy atom. The number of rotatable bonds is 3. The van der Waals surface area contributed by atoms with Crippen molar-refractivity contribution in [2.75, 3.05) is 18.4 Å². The van der Waals surface area contributed by atoms with E-state index in [0.29, 0.717) is 30.6 Å². The van der Waals surface area contributed by atoms with Crippen molar-refractivity contribution in [3.05, 3.63) is 53.6 Å². The maximum Gasteiger partial charge on any atom is 0.321 e. The summed E-state index contributed by atoms with van der Waals surface area (Å²) in [5, 5.41) is 6.84. The van der Waals surface area contributed by atoms with Gasteiger partial charge >= 0.3 is 6.03 Å². The molecule has 0 radical (unpaired) electrons. The van der Waals surface area contributed by atoms with Gasteiger partial charge in [-0.05, 0) is 49.2 Å². The van der Waals surface area contributed by atoms with Gasteiger partial charge in [0.25, 0.3) is 0 Å². The van der Waals surface area contributed by atoms with E-state index >= 15 is 0 Å². The molecule has 0 atom stereocenters. The lowest BCUT2D eigenvalue weighted by Gasteiger charge is -2.36. The number of anilines is 1. The van der Waals surface area contributed by atoms with Crippen LogP contribution in [0.4, 0.5) is 10.5 Å². The largest absolute Gasteiger partial charge is 0.461 e. The van der Waals surface area contributed by atoms with E-state index in [9.17, 15) is 4.79 Å². The number of benzene rings is 1. The minimum atomic E-state index is -0.120. The fourth-order valence-corrected chi connectivity index (χ4v) is 2.73. The number of carbonyl (C=O) groups is 1. The van der Waals surface area contributed by atoms with E-state index in [0.717, 1.165) is 11.3 Å². The lowest BCUT2D eigenvalue weighted by atomic mass is 10.0. The van der Waals surface area contributed by atoms with Gasteiger partial charge in [0.15, 0.2) is 5.76 Å². The fourth-order valence-electron chi connectivity index (χ4n) is 2.73. The molecule has 2 amide bonds. The third kappa shape index (κ3) is 3.00. The van der Waals surface area contributed by atoms with E-state index in [1.54, 1.807) is 23.3 Å². The molecule has 0 spiro atoms. The van der Waals surface area contributed by atoms with Crippen molar-refractivity contribution >= 4 is 11.7 Å². The van der Waals surface area contributed by atoms with E-state index in [1.807, 2.05) is 32.0 Å². The molecule has 7 heteroatoms. The number of hydrogen-bond acceptors (Lipinski definition) is 5. The topological polar surface area (TPSA) is 84.4 Å². The first-order valence-corrected chi connectivity index (χ1v) is 8.11. The minimum absolute atomic E-state index is 0.0571. The lowest BCUT2D eigenvalue weighted by molar-refractivity contribution is 0.147. The molecule has 7 nitrogen and oxygen atoms in total. The van der Waals surface area contributed by atoms with Crippen molar-refractivity contribution in [2.24, 2.45) is 0 Å². The van der Waals surface area contributed by atoms with Crippen LogP contribution in [-0.2, 0) is 0 Å². The summed E-state index contributed by atoms with van der Waals surface area (Å²) in [5.74, 6) is 1.58. The molecular weight excluding hydrogens is 320 g/mol. The van der Waals surface area contributed by atoms with Crippen LogP contribution in [0.1, 0.15) is 22.9 Å². The summed E-state index contributed by atoms with van der Waals surface area (Å²) in [7, 11) is 0. The number of urea groups is 1. The highest BCUT2D eigenvalue weighted by Gasteiger charge is 2.36.